The SMILES string of the molecule is CC(C)CCCC(C)C1CCC2C3CCC4=CC(=O)/C(=C\O)CC4(C)C3CCC12C. The molecule has 0 saturated heterocycles. The molecule has 2 nitrogen and oxygen atoms in total. The van der Waals surface area contributed by atoms with Gasteiger partial charge in [-0.2, -0.15) is 0 Å². The van der Waals surface area contributed by atoms with Gasteiger partial charge in [-0.1, -0.05) is 59.5 Å². The van der Waals surface area contributed by atoms with Crippen LogP contribution in [0.15, 0.2) is 23.5 Å². The second-order valence-electron chi connectivity index (χ2n) is 12.2. The second kappa shape index (κ2) is 8.14. The van der Waals surface area contributed by atoms with Crippen molar-refractivity contribution >= 4 is 5.78 Å². The molecule has 3 saturated carbocycles. The fraction of sp³-hybridized carbons (Fsp3) is 0.821. The zero-order chi connectivity index (χ0) is 21.7. The van der Waals surface area contributed by atoms with Crippen LogP contribution in [0.2, 0.25) is 0 Å². The Morgan fingerprint density at radius 2 is 1.87 bits per heavy atom. The van der Waals surface area contributed by atoms with Crippen LogP contribution in [0, 0.1) is 46.3 Å². The van der Waals surface area contributed by atoms with E-state index in [4.69, 9.17) is 0 Å². The Hall–Kier alpha value is -1.05. The summed E-state index contributed by atoms with van der Waals surface area (Å²) >= 11 is 0. The van der Waals surface area contributed by atoms with E-state index in [0.717, 1.165) is 48.7 Å². The summed E-state index contributed by atoms with van der Waals surface area (Å²) in [6, 6.07) is 0. The smallest absolute Gasteiger partial charge is 0.184 e. The molecule has 3 fully saturated rings. The minimum atomic E-state index is 0.0419. The van der Waals surface area contributed by atoms with Gasteiger partial charge in [0, 0.05) is 5.57 Å². The van der Waals surface area contributed by atoms with E-state index in [0.29, 0.717) is 16.9 Å². The van der Waals surface area contributed by atoms with Crippen LogP contribution in [0.5, 0.6) is 0 Å². The molecule has 7 unspecified atom stereocenters. The summed E-state index contributed by atoms with van der Waals surface area (Å²) in [6.45, 7) is 12.3. The summed E-state index contributed by atoms with van der Waals surface area (Å²) in [6.07, 6.45) is 15.7. The zero-order valence-corrected chi connectivity index (χ0v) is 20.0. The van der Waals surface area contributed by atoms with E-state index in [1.807, 2.05) is 6.08 Å². The third-order valence-electron chi connectivity index (χ3n) is 10.3. The highest BCUT2D eigenvalue weighted by atomic mass is 16.2. The van der Waals surface area contributed by atoms with E-state index in [2.05, 4.69) is 34.6 Å². The third-order valence-corrected chi connectivity index (χ3v) is 10.3. The molecule has 4 aliphatic rings. The van der Waals surface area contributed by atoms with Crippen molar-refractivity contribution in [3.63, 3.8) is 0 Å². The predicted octanol–water partition coefficient (Wildman–Crippen LogP) is 7.65. The maximum absolute atomic E-state index is 12.4. The van der Waals surface area contributed by atoms with E-state index >= 15 is 0 Å². The van der Waals surface area contributed by atoms with Crippen molar-refractivity contribution in [2.45, 2.75) is 98.8 Å². The largest absolute Gasteiger partial charge is 0.515 e. The van der Waals surface area contributed by atoms with Gasteiger partial charge < -0.3 is 5.11 Å². The fourth-order valence-electron chi connectivity index (χ4n) is 8.68. The van der Waals surface area contributed by atoms with Crippen LogP contribution in [0.25, 0.3) is 0 Å². The Bertz CT molecular complexity index is 731. The first-order valence-electron chi connectivity index (χ1n) is 12.8. The van der Waals surface area contributed by atoms with Crippen LogP contribution < -0.4 is 0 Å². The topological polar surface area (TPSA) is 37.3 Å². The highest BCUT2D eigenvalue weighted by Gasteiger charge is 2.59. The van der Waals surface area contributed by atoms with Gasteiger partial charge in [-0.25, -0.2) is 0 Å². The maximum atomic E-state index is 12.4. The minimum absolute atomic E-state index is 0.0419. The zero-order valence-electron chi connectivity index (χ0n) is 20.0. The van der Waals surface area contributed by atoms with Crippen molar-refractivity contribution in [2.75, 3.05) is 0 Å². The number of rotatable bonds is 5. The van der Waals surface area contributed by atoms with Gasteiger partial charge in [-0.15, -0.1) is 0 Å². The molecule has 0 aromatic rings. The van der Waals surface area contributed by atoms with Gasteiger partial charge in [0.15, 0.2) is 5.78 Å². The van der Waals surface area contributed by atoms with Gasteiger partial charge in [0.05, 0.1) is 6.26 Å². The third kappa shape index (κ3) is 3.51. The molecule has 4 aliphatic carbocycles. The van der Waals surface area contributed by atoms with Gasteiger partial charge in [-0.05, 0) is 97.4 Å². The molecule has 0 bridgehead atoms. The summed E-state index contributed by atoms with van der Waals surface area (Å²) < 4.78 is 0. The molecule has 7 atom stereocenters. The van der Waals surface area contributed by atoms with Crippen molar-refractivity contribution in [1.82, 2.24) is 0 Å². The summed E-state index contributed by atoms with van der Waals surface area (Å²) in [7, 11) is 0. The molecule has 2 heteroatoms. The lowest BCUT2D eigenvalue weighted by atomic mass is 9.46. The molecule has 0 aliphatic heterocycles. The van der Waals surface area contributed by atoms with Crippen molar-refractivity contribution in [3.8, 4) is 0 Å². The van der Waals surface area contributed by atoms with E-state index in [1.165, 1.54) is 56.9 Å². The van der Waals surface area contributed by atoms with Crippen LogP contribution in [-0.2, 0) is 4.79 Å². The van der Waals surface area contributed by atoms with Crippen molar-refractivity contribution in [2.24, 2.45) is 46.3 Å². The summed E-state index contributed by atoms with van der Waals surface area (Å²) in [5, 5.41) is 9.64. The average Bonchev–Trinajstić information content (AvgIpc) is 3.05. The quantitative estimate of drug-likeness (QED) is 0.372. The Morgan fingerprint density at radius 1 is 1.10 bits per heavy atom. The lowest BCUT2D eigenvalue weighted by molar-refractivity contribution is -0.113. The monoisotopic (exact) mass is 412 g/mol. The molecule has 168 valence electrons. The molecule has 0 heterocycles. The van der Waals surface area contributed by atoms with Gasteiger partial charge in [-0.3, -0.25) is 4.79 Å². The second-order valence-corrected chi connectivity index (χ2v) is 12.2. The van der Waals surface area contributed by atoms with Gasteiger partial charge >= 0.3 is 0 Å². The molecule has 30 heavy (non-hydrogen) atoms. The van der Waals surface area contributed by atoms with Crippen LogP contribution in [0.4, 0.5) is 0 Å². The number of aliphatic hydroxyl groups is 1. The summed E-state index contributed by atoms with van der Waals surface area (Å²) in [4.78, 5) is 12.4. The molecular weight excluding hydrogens is 368 g/mol. The van der Waals surface area contributed by atoms with Crippen molar-refractivity contribution < 1.29 is 9.90 Å². The van der Waals surface area contributed by atoms with Crippen molar-refractivity contribution in [1.29, 1.82) is 0 Å². The Balaban J connectivity index is 1.52. The number of allylic oxidation sites excluding steroid dienone is 2. The van der Waals surface area contributed by atoms with Crippen LogP contribution in [0.1, 0.15) is 98.8 Å². The Kier molecular flexibility index (Phi) is 6.01. The standard InChI is InChI=1S/C28H44O2/c1-18(2)7-6-8-19(3)23-11-12-24-22-10-9-21-15-26(30)20(17-29)16-28(21,5)25(22)13-14-27(23,24)4/h15,17-19,22-25,29H,6-14,16H2,1-5H3/b20-17-. The van der Waals surface area contributed by atoms with Gasteiger partial charge in [0.1, 0.15) is 0 Å². The first-order chi connectivity index (χ1) is 14.2. The van der Waals surface area contributed by atoms with E-state index in [9.17, 15) is 9.90 Å². The minimum Gasteiger partial charge on any atom is -0.515 e. The molecule has 0 aromatic heterocycles. The molecule has 0 radical (unpaired) electrons. The molecule has 0 aromatic carbocycles. The van der Waals surface area contributed by atoms with Crippen LogP contribution >= 0.6 is 0 Å². The highest BCUT2D eigenvalue weighted by molar-refractivity contribution is 6.05. The number of ketones is 1. The molecule has 0 spiro atoms. The molecule has 1 N–H and O–H groups in total. The number of fused-ring (bicyclic) bond motifs is 5. The summed E-state index contributed by atoms with van der Waals surface area (Å²) in [5.41, 5.74) is 2.59. The lowest BCUT2D eigenvalue weighted by Gasteiger charge is -2.58. The van der Waals surface area contributed by atoms with Gasteiger partial charge in [0.25, 0.3) is 0 Å². The van der Waals surface area contributed by atoms with Crippen LogP contribution in [-0.4, -0.2) is 10.9 Å². The molecule has 0 amide bonds. The number of hydrogen-bond donors (Lipinski definition) is 1. The van der Waals surface area contributed by atoms with E-state index in [-0.39, 0.29) is 11.2 Å². The fourth-order valence-corrected chi connectivity index (χ4v) is 8.68. The van der Waals surface area contributed by atoms with Gasteiger partial charge in [0.2, 0.25) is 0 Å². The number of aliphatic hydroxyl groups excluding tert-OH is 1. The lowest BCUT2D eigenvalue weighted by Crippen LogP contribution is -2.51. The highest BCUT2D eigenvalue weighted by Crippen LogP contribution is 2.67. The first-order valence-corrected chi connectivity index (χ1v) is 12.8. The normalized spacial score (nSPS) is 43.2. The Labute approximate surface area is 184 Å². The molecular formula is C28H44O2. The number of carbonyl (C=O) groups is 1. The Morgan fingerprint density at radius 3 is 2.57 bits per heavy atom. The first kappa shape index (κ1) is 22.2. The number of carbonyl (C=O) groups excluding carboxylic acids is 1. The van der Waals surface area contributed by atoms with Crippen LogP contribution in [0.3, 0.4) is 0 Å². The average molecular weight is 413 g/mol. The van der Waals surface area contributed by atoms with Crippen molar-refractivity contribution in [3.05, 3.63) is 23.5 Å². The maximum Gasteiger partial charge on any atom is 0.184 e. The molecule has 4 rings (SSSR count). The van der Waals surface area contributed by atoms with E-state index in [1.54, 1.807) is 0 Å². The summed E-state index contributed by atoms with van der Waals surface area (Å²) in [5.74, 6) is 4.93. The predicted molar refractivity (Wildman–Crippen MR) is 124 cm³/mol. The number of hydrogen-bond acceptors (Lipinski definition) is 2. The van der Waals surface area contributed by atoms with E-state index < -0.39 is 0 Å².